The Hall–Kier alpha value is -6.96. The van der Waals surface area contributed by atoms with E-state index in [9.17, 15) is 34.2 Å². The molecule has 390 valence electrons. The average molecular weight is 999 g/mol. The number of carboxylic acids is 3. The molecule has 2 atom stereocenters. The van der Waals surface area contributed by atoms with Gasteiger partial charge in [-0.1, -0.05) is 94.3 Å². The number of fused-ring (bicyclic) bond motifs is 2. The molecule has 3 amide bonds. The minimum Gasteiger partial charge on any atom is -0.481 e. The number of urea groups is 1. The van der Waals surface area contributed by atoms with Crippen molar-refractivity contribution in [3.05, 3.63) is 137 Å². The molecule has 14 nitrogen and oxygen atoms in total. The van der Waals surface area contributed by atoms with Crippen molar-refractivity contribution in [1.82, 2.24) is 16.0 Å². The number of rotatable bonds is 27. The first kappa shape index (κ1) is 55.4. The van der Waals surface area contributed by atoms with Crippen molar-refractivity contribution in [3.8, 4) is 5.75 Å². The fraction of sp³-hybridized carbons (Fsp3) is 0.458. The highest BCUT2D eigenvalue weighted by Crippen LogP contribution is 2.48. The number of ether oxygens (including phenoxy) is 1. The van der Waals surface area contributed by atoms with E-state index >= 15 is 0 Å². The number of hydrogen-bond acceptors (Lipinski definition) is 7. The number of carbonyl (C=O) groups is 5. The number of para-hydroxylation sites is 3. The van der Waals surface area contributed by atoms with Crippen molar-refractivity contribution < 1.29 is 48.6 Å². The van der Waals surface area contributed by atoms with Crippen LogP contribution in [0.4, 0.5) is 16.2 Å². The summed E-state index contributed by atoms with van der Waals surface area (Å²) in [5.74, 6) is -2.30. The zero-order chi connectivity index (χ0) is 52.5. The Balaban J connectivity index is 1.09. The Morgan fingerprint density at radius 1 is 0.712 bits per heavy atom. The summed E-state index contributed by atoms with van der Waals surface area (Å²) in [6.07, 6.45) is 18.4. The molecule has 6 rings (SSSR count). The number of hydrogen-bond donors (Lipinski definition) is 6. The highest BCUT2D eigenvalue weighted by atomic mass is 16.5. The molecule has 0 saturated carbocycles. The number of carboxylic acid groups (broad SMARTS) is 3. The van der Waals surface area contributed by atoms with Gasteiger partial charge in [-0.05, 0) is 125 Å². The van der Waals surface area contributed by atoms with Crippen LogP contribution >= 0.6 is 0 Å². The molecule has 0 radical (unpaired) electrons. The molecule has 0 bridgehead atoms. The zero-order valence-electron chi connectivity index (χ0n) is 43.4. The van der Waals surface area contributed by atoms with Gasteiger partial charge in [0.1, 0.15) is 30.1 Å². The van der Waals surface area contributed by atoms with Crippen LogP contribution in [0.5, 0.6) is 5.75 Å². The summed E-state index contributed by atoms with van der Waals surface area (Å²) in [5, 5.41) is 35.0. The van der Waals surface area contributed by atoms with E-state index in [4.69, 9.17) is 9.84 Å². The Labute approximate surface area is 431 Å². The first-order valence-corrected chi connectivity index (χ1v) is 26.2. The monoisotopic (exact) mass is 999 g/mol. The van der Waals surface area contributed by atoms with Gasteiger partial charge in [0.25, 0.3) is 0 Å². The third-order valence-corrected chi connectivity index (χ3v) is 14.3. The largest absolute Gasteiger partial charge is 0.481 e. The van der Waals surface area contributed by atoms with Crippen LogP contribution in [0.3, 0.4) is 0 Å². The van der Waals surface area contributed by atoms with Gasteiger partial charge in [0.2, 0.25) is 11.6 Å². The Bertz CT molecular complexity index is 2610. The van der Waals surface area contributed by atoms with Gasteiger partial charge in [-0.25, -0.2) is 14.4 Å². The van der Waals surface area contributed by atoms with Crippen LogP contribution in [0.15, 0.2) is 126 Å². The highest BCUT2D eigenvalue weighted by molar-refractivity contribution is 6.03. The molecule has 2 aliphatic heterocycles. The maximum Gasteiger partial charge on any atom is 0.326 e. The Kier molecular flexibility index (Phi) is 19.8. The van der Waals surface area contributed by atoms with Gasteiger partial charge in [0.15, 0.2) is 5.71 Å². The van der Waals surface area contributed by atoms with E-state index in [1.165, 1.54) is 57.9 Å². The lowest BCUT2D eigenvalue weighted by molar-refractivity contribution is -0.438. The maximum absolute atomic E-state index is 12.8. The summed E-state index contributed by atoms with van der Waals surface area (Å²) in [6, 6.07) is 23.7. The lowest BCUT2D eigenvalue weighted by atomic mass is 9.81. The van der Waals surface area contributed by atoms with Crippen LogP contribution in [-0.2, 0) is 30.0 Å². The lowest BCUT2D eigenvalue weighted by Crippen LogP contribution is -2.51. The topological polar surface area (TPSA) is 198 Å². The molecule has 2 heterocycles. The van der Waals surface area contributed by atoms with Crippen LogP contribution in [0.25, 0.3) is 0 Å². The molecule has 3 aliphatic rings. The zero-order valence-corrected chi connectivity index (χ0v) is 43.4. The number of amides is 3. The normalized spacial score (nSPS) is 17.6. The third kappa shape index (κ3) is 14.6. The summed E-state index contributed by atoms with van der Waals surface area (Å²) in [5.41, 5.74) is 9.61. The molecule has 6 N–H and O–H groups in total. The molecule has 0 aromatic heterocycles. The minimum atomic E-state index is -1.48. The van der Waals surface area contributed by atoms with Crippen LogP contribution in [0, 0.1) is 0 Å². The summed E-state index contributed by atoms with van der Waals surface area (Å²) >= 11 is 0. The average Bonchev–Trinajstić information content (AvgIpc) is 3.71. The van der Waals surface area contributed by atoms with Crippen LogP contribution < -0.4 is 25.6 Å². The van der Waals surface area contributed by atoms with Crippen molar-refractivity contribution in [2.24, 2.45) is 0 Å². The molecule has 3 aromatic rings. The van der Waals surface area contributed by atoms with E-state index in [0.717, 1.165) is 63.1 Å². The molecule has 0 saturated heterocycles. The number of unbranched alkanes of at least 4 members (excludes halogenated alkanes) is 5. The Morgan fingerprint density at radius 2 is 1.40 bits per heavy atom. The number of anilines is 1. The molecule has 3 aromatic carbocycles. The smallest absolute Gasteiger partial charge is 0.326 e. The van der Waals surface area contributed by atoms with Crippen molar-refractivity contribution in [2.45, 2.75) is 154 Å². The van der Waals surface area contributed by atoms with Crippen molar-refractivity contribution in [2.75, 3.05) is 24.5 Å². The number of nitrogens with one attached hydrogen (secondary N) is 3. The second-order valence-corrected chi connectivity index (χ2v) is 20.4. The van der Waals surface area contributed by atoms with Gasteiger partial charge in [-0.15, -0.1) is 0 Å². The SMILES string of the molecule is CCCCC[N+]1=C(C=CC2=C(Oc3ccccc3)C(=CC=C3N(CCCCCC(=O)NCCCC[C@H](NC(=O)N[C@@H](CCC(=O)O)C(=O)O)C(=O)O)c4ccccc4C3(C)C)CCC2)C(C)(C)c2ccccc21. The molecule has 0 unspecified atom stereocenters. The van der Waals surface area contributed by atoms with Crippen molar-refractivity contribution >= 4 is 46.9 Å². The molecule has 14 heteroatoms. The molecule has 73 heavy (non-hydrogen) atoms. The molecule has 0 spiro atoms. The van der Waals surface area contributed by atoms with Gasteiger partial charge >= 0.3 is 23.9 Å². The van der Waals surface area contributed by atoms with E-state index in [1.807, 2.05) is 30.3 Å². The Morgan fingerprint density at radius 3 is 2.11 bits per heavy atom. The van der Waals surface area contributed by atoms with Gasteiger partial charge < -0.3 is 40.9 Å². The second-order valence-electron chi connectivity index (χ2n) is 20.4. The number of allylic oxidation sites excluding steroid dienone is 7. The first-order valence-electron chi connectivity index (χ1n) is 26.2. The summed E-state index contributed by atoms with van der Waals surface area (Å²) in [6.45, 7) is 13.6. The molecular formula is C59H76N5O9+. The predicted molar refractivity (Wildman–Crippen MR) is 286 cm³/mol. The number of nitrogens with zero attached hydrogens (tertiary/aromatic N) is 2. The lowest BCUT2D eigenvalue weighted by Gasteiger charge is -2.27. The third-order valence-electron chi connectivity index (χ3n) is 14.3. The van der Waals surface area contributed by atoms with Crippen LogP contribution in [0.2, 0.25) is 0 Å². The summed E-state index contributed by atoms with van der Waals surface area (Å²) in [4.78, 5) is 61.6. The predicted octanol–water partition coefficient (Wildman–Crippen LogP) is 10.9. The summed E-state index contributed by atoms with van der Waals surface area (Å²) in [7, 11) is 0. The second kappa shape index (κ2) is 26.1. The van der Waals surface area contributed by atoms with Gasteiger partial charge in [-0.2, -0.15) is 4.58 Å². The first-order chi connectivity index (χ1) is 35.0. The number of aliphatic carboxylic acids is 3. The quantitative estimate of drug-likeness (QED) is 0.0316. The van der Waals surface area contributed by atoms with Crippen LogP contribution in [0.1, 0.15) is 142 Å². The highest BCUT2D eigenvalue weighted by Gasteiger charge is 2.44. The summed E-state index contributed by atoms with van der Waals surface area (Å²) < 4.78 is 9.41. The van der Waals surface area contributed by atoms with Crippen molar-refractivity contribution in [3.63, 3.8) is 0 Å². The molecule has 1 aliphatic carbocycles. The fourth-order valence-corrected chi connectivity index (χ4v) is 10.3. The van der Waals surface area contributed by atoms with E-state index in [1.54, 1.807) is 0 Å². The van der Waals surface area contributed by atoms with E-state index in [-0.39, 0.29) is 29.6 Å². The van der Waals surface area contributed by atoms with Gasteiger partial charge in [-0.3, -0.25) is 9.59 Å². The molecule has 0 fully saturated rings. The van der Waals surface area contributed by atoms with Gasteiger partial charge in [0.05, 0.1) is 5.41 Å². The van der Waals surface area contributed by atoms with E-state index < -0.39 is 42.4 Å². The maximum atomic E-state index is 12.8. The standard InChI is InChI=1S/C59H75N5O9/c1-6-7-19-39-63-48-29-15-13-26-44(48)58(2,3)50(63)35-32-41-22-21-23-42(54(41)73-43-24-10-8-11-25-43)33-36-51-59(4,5)45-27-14-16-30-49(45)64(51)40-20-9-12-31-52(65)60-38-18-17-28-46(55(68)69)61-57(72)62-47(56(70)71)34-37-53(66)67/h8,10-11,13-16,24-27,29-30,32-33,35-36,46-47H,6-7,9,12,17-23,28,31,34,37-40H2,1-5H3,(H5-,60,61,62,65,66,67,68,69,70,71,72)/p+1/t46-,47-/m0/s1. The van der Waals surface area contributed by atoms with E-state index in [0.29, 0.717) is 32.2 Å². The fourth-order valence-electron chi connectivity index (χ4n) is 10.3. The van der Waals surface area contributed by atoms with Gasteiger partial charge in [0, 0.05) is 66.9 Å². The molecular weight excluding hydrogens is 923 g/mol. The number of carbonyl (C=O) groups excluding carboxylic acids is 2. The minimum absolute atomic E-state index is 0.0552. The van der Waals surface area contributed by atoms with Crippen molar-refractivity contribution in [1.29, 1.82) is 0 Å². The number of benzene rings is 3. The van der Waals surface area contributed by atoms with E-state index in [2.05, 4.69) is 133 Å². The van der Waals surface area contributed by atoms with Crippen LogP contribution in [-0.4, -0.2) is 87.2 Å².